The van der Waals surface area contributed by atoms with Crippen LogP contribution in [0.3, 0.4) is 0 Å². The second-order valence-electron chi connectivity index (χ2n) is 7.97. The van der Waals surface area contributed by atoms with E-state index in [0.717, 1.165) is 51.6 Å². The summed E-state index contributed by atoms with van der Waals surface area (Å²) >= 11 is 0. The van der Waals surface area contributed by atoms with Gasteiger partial charge in [0.15, 0.2) is 5.96 Å². The van der Waals surface area contributed by atoms with Gasteiger partial charge < -0.3 is 24.6 Å². The van der Waals surface area contributed by atoms with Crippen LogP contribution in [0.4, 0.5) is 4.79 Å². The molecule has 7 nitrogen and oxygen atoms in total. The lowest BCUT2D eigenvalue weighted by atomic mass is 9.89. The van der Waals surface area contributed by atoms with Gasteiger partial charge in [0.05, 0.1) is 12.7 Å². The van der Waals surface area contributed by atoms with Crippen LogP contribution in [0.5, 0.6) is 0 Å². The zero-order valence-corrected chi connectivity index (χ0v) is 18.6. The smallest absolute Gasteiger partial charge is 0.409 e. The Morgan fingerprint density at radius 3 is 2.53 bits per heavy atom. The Hall–Kier alpha value is -2.28. The number of guanidine groups is 1. The highest BCUT2D eigenvalue weighted by Crippen LogP contribution is 2.34. The average molecular weight is 417 g/mol. The van der Waals surface area contributed by atoms with Crippen molar-refractivity contribution in [3.05, 3.63) is 35.4 Å². The Morgan fingerprint density at radius 1 is 1.17 bits per heavy atom. The van der Waals surface area contributed by atoms with E-state index in [-0.39, 0.29) is 12.2 Å². The quantitative estimate of drug-likeness (QED) is 0.590. The van der Waals surface area contributed by atoms with Crippen LogP contribution in [-0.4, -0.2) is 74.3 Å². The molecule has 0 aliphatic carbocycles. The maximum atomic E-state index is 11.9. The summed E-state index contributed by atoms with van der Waals surface area (Å²) in [6.45, 7) is 11.6. The zero-order chi connectivity index (χ0) is 21.3. The van der Waals surface area contributed by atoms with E-state index < -0.39 is 0 Å². The first-order valence-corrected chi connectivity index (χ1v) is 11.3. The number of ether oxygens (including phenoxy) is 2. The molecule has 0 bridgehead atoms. The van der Waals surface area contributed by atoms with Crippen molar-refractivity contribution in [2.75, 3.05) is 52.5 Å². The molecule has 2 heterocycles. The van der Waals surface area contributed by atoms with E-state index >= 15 is 0 Å². The topological polar surface area (TPSA) is 66.4 Å². The maximum absolute atomic E-state index is 11.9. The molecule has 2 aliphatic heterocycles. The third kappa shape index (κ3) is 5.88. The lowest BCUT2D eigenvalue weighted by molar-refractivity contribution is -0.0251. The molecule has 0 saturated carbocycles. The summed E-state index contributed by atoms with van der Waals surface area (Å²) in [5, 5.41) is 3.42. The molecule has 2 fully saturated rings. The minimum absolute atomic E-state index is 0.103. The number of amides is 1. The predicted octanol–water partition coefficient (Wildman–Crippen LogP) is 3.20. The van der Waals surface area contributed by atoms with E-state index in [1.807, 2.05) is 6.92 Å². The molecule has 1 amide bonds. The van der Waals surface area contributed by atoms with Crippen LogP contribution in [0.1, 0.15) is 43.9 Å². The molecule has 0 spiro atoms. The highest BCUT2D eigenvalue weighted by atomic mass is 16.6. The summed E-state index contributed by atoms with van der Waals surface area (Å²) in [6, 6.07) is 8.67. The minimum Gasteiger partial charge on any atom is -0.450 e. The summed E-state index contributed by atoms with van der Waals surface area (Å²) in [5.74, 6) is 1.30. The first-order chi connectivity index (χ1) is 14.6. The van der Waals surface area contributed by atoms with E-state index in [2.05, 4.69) is 48.3 Å². The minimum atomic E-state index is -0.223. The SMILES string of the molecule is CCNC(=NCC1CCCOC1c1ccc(C)cc1)N1CCN(C(=O)OCC)CC1. The van der Waals surface area contributed by atoms with Gasteiger partial charge in [-0.25, -0.2) is 4.79 Å². The van der Waals surface area contributed by atoms with Crippen molar-refractivity contribution >= 4 is 12.1 Å². The molecule has 3 rings (SSSR count). The van der Waals surface area contributed by atoms with Crippen LogP contribution < -0.4 is 5.32 Å². The van der Waals surface area contributed by atoms with Gasteiger partial charge in [0.1, 0.15) is 0 Å². The van der Waals surface area contributed by atoms with E-state index in [1.54, 1.807) is 4.90 Å². The molecule has 2 aliphatic rings. The van der Waals surface area contributed by atoms with Gasteiger partial charge in [-0.05, 0) is 39.2 Å². The molecule has 2 unspecified atom stereocenters. The number of carbonyl (C=O) groups excluding carboxylic acids is 1. The van der Waals surface area contributed by atoms with Gasteiger partial charge in [-0.3, -0.25) is 4.99 Å². The first-order valence-electron chi connectivity index (χ1n) is 11.3. The van der Waals surface area contributed by atoms with Gasteiger partial charge in [-0.1, -0.05) is 29.8 Å². The fraction of sp³-hybridized carbons (Fsp3) is 0.652. The lowest BCUT2D eigenvalue weighted by Gasteiger charge is -2.36. The standard InChI is InChI=1S/C23H36N4O3/c1-4-24-22(26-12-14-27(15-13-26)23(28)29-5-2)25-17-20-7-6-16-30-21(20)19-10-8-18(3)9-11-19/h8-11,20-21H,4-7,12-17H2,1-3H3,(H,24,25). The third-order valence-corrected chi connectivity index (χ3v) is 5.77. The van der Waals surface area contributed by atoms with Crippen molar-refractivity contribution in [3.8, 4) is 0 Å². The highest BCUT2D eigenvalue weighted by molar-refractivity contribution is 5.80. The number of piperazine rings is 1. The molecule has 30 heavy (non-hydrogen) atoms. The highest BCUT2D eigenvalue weighted by Gasteiger charge is 2.28. The van der Waals surface area contributed by atoms with E-state index in [1.165, 1.54) is 11.1 Å². The van der Waals surface area contributed by atoms with Gasteiger partial charge in [0.25, 0.3) is 0 Å². The monoisotopic (exact) mass is 416 g/mol. The summed E-state index contributed by atoms with van der Waals surface area (Å²) in [7, 11) is 0. The summed E-state index contributed by atoms with van der Waals surface area (Å²) in [6.07, 6.45) is 2.08. The Balaban J connectivity index is 1.63. The predicted molar refractivity (Wildman–Crippen MR) is 119 cm³/mol. The molecule has 0 aromatic heterocycles. The second-order valence-corrected chi connectivity index (χ2v) is 7.97. The number of rotatable bonds is 5. The number of hydrogen-bond acceptors (Lipinski definition) is 4. The average Bonchev–Trinajstić information content (AvgIpc) is 2.78. The summed E-state index contributed by atoms with van der Waals surface area (Å²) in [4.78, 5) is 20.9. The van der Waals surface area contributed by atoms with Crippen molar-refractivity contribution in [2.45, 2.75) is 39.7 Å². The number of benzene rings is 1. The van der Waals surface area contributed by atoms with Crippen molar-refractivity contribution in [1.29, 1.82) is 0 Å². The number of nitrogens with zero attached hydrogens (tertiary/aromatic N) is 3. The third-order valence-electron chi connectivity index (χ3n) is 5.77. The molecule has 1 aromatic carbocycles. The molecule has 1 N–H and O–H groups in total. The number of carbonyl (C=O) groups is 1. The van der Waals surface area contributed by atoms with Crippen molar-refractivity contribution in [3.63, 3.8) is 0 Å². The van der Waals surface area contributed by atoms with Gasteiger partial charge in [0.2, 0.25) is 0 Å². The van der Waals surface area contributed by atoms with Crippen molar-refractivity contribution in [1.82, 2.24) is 15.1 Å². The van der Waals surface area contributed by atoms with E-state index in [4.69, 9.17) is 14.5 Å². The van der Waals surface area contributed by atoms with Gasteiger partial charge in [-0.2, -0.15) is 0 Å². The Morgan fingerprint density at radius 2 is 1.87 bits per heavy atom. The maximum Gasteiger partial charge on any atom is 0.409 e. The van der Waals surface area contributed by atoms with Gasteiger partial charge >= 0.3 is 6.09 Å². The van der Waals surface area contributed by atoms with Crippen molar-refractivity contribution in [2.24, 2.45) is 10.9 Å². The van der Waals surface area contributed by atoms with Gasteiger partial charge in [0, 0.05) is 51.8 Å². The van der Waals surface area contributed by atoms with E-state index in [9.17, 15) is 4.79 Å². The fourth-order valence-corrected chi connectivity index (χ4v) is 4.10. The van der Waals surface area contributed by atoms with Gasteiger partial charge in [-0.15, -0.1) is 0 Å². The van der Waals surface area contributed by atoms with Crippen LogP contribution >= 0.6 is 0 Å². The first kappa shape index (κ1) is 22.4. The number of aryl methyl sites for hydroxylation is 1. The van der Waals surface area contributed by atoms with Crippen molar-refractivity contribution < 1.29 is 14.3 Å². The largest absolute Gasteiger partial charge is 0.450 e. The normalized spacial score (nSPS) is 22.7. The van der Waals surface area contributed by atoms with Crippen LogP contribution in [0.15, 0.2) is 29.3 Å². The summed E-state index contributed by atoms with van der Waals surface area (Å²) in [5.41, 5.74) is 2.51. The van der Waals surface area contributed by atoms with Crippen LogP contribution in [0.2, 0.25) is 0 Å². The molecular formula is C23H36N4O3. The lowest BCUT2D eigenvalue weighted by Crippen LogP contribution is -2.54. The number of nitrogens with one attached hydrogen (secondary N) is 1. The Kier molecular flexibility index (Phi) is 8.37. The van der Waals surface area contributed by atoms with Crippen LogP contribution in [0, 0.1) is 12.8 Å². The fourth-order valence-electron chi connectivity index (χ4n) is 4.10. The molecular weight excluding hydrogens is 380 g/mol. The summed E-state index contributed by atoms with van der Waals surface area (Å²) < 4.78 is 11.3. The molecule has 2 atom stereocenters. The second kappa shape index (κ2) is 11.2. The zero-order valence-electron chi connectivity index (χ0n) is 18.6. The molecule has 2 saturated heterocycles. The van der Waals surface area contributed by atoms with Crippen LogP contribution in [0.25, 0.3) is 0 Å². The molecule has 166 valence electrons. The molecule has 7 heteroatoms. The number of aliphatic imine (C=N–C) groups is 1. The molecule has 0 radical (unpaired) electrons. The Labute approximate surface area is 180 Å². The number of hydrogen-bond donors (Lipinski definition) is 1. The van der Waals surface area contributed by atoms with Crippen LogP contribution in [-0.2, 0) is 9.47 Å². The Bertz CT molecular complexity index is 699. The molecule has 1 aromatic rings. The van der Waals surface area contributed by atoms with E-state index in [0.29, 0.717) is 25.6 Å².